The minimum Gasteiger partial charge on any atom is -0.497 e. The standard InChI is InChI=1S/C23H26ClN3O5S2/c1-31-18-5-8-20-21(15-18)33-23(25-20)27(10-2-9-26-11-13-32-14-12-26)22(28)16-34(29,30)19-6-3-17(24)4-7-19/h3-8,15H,2,9-14,16H2,1H3. The molecule has 0 saturated carbocycles. The first-order valence-electron chi connectivity index (χ1n) is 10.9. The van der Waals surface area contributed by atoms with Crippen molar-refractivity contribution in [3.05, 3.63) is 47.5 Å². The molecule has 1 saturated heterocycles. The third kappa shape index (κ3) is 6.05. The SMILES string of the molecule is COc1ccc2nc(N(CCCN3CCOCC3)C(=O)CS(=O)(=O)c3ccc(Cl)cc3)sc2c1. The number of amides is 1. The van der Waals surface area contributed by atoms with Gasteiger partial charge in [0.2, 0.25) is 5.91 Å². The molecule has 0 atom stereocenters. The van der Waals surface area contributed by atoms with Crippen molar-refractivity contribution in [2.75, 3.05) is 57.2 Å². The molecular formula is C23H26ClN3O5S2. The van der Waals surface area contributed by atoms with Gasteiger partial charge in [-0.1, -0.05) is 22.9 Å². The molecule has 0 bridgehead atoms. The van der Waals surface area contributed by atoms with Crippen LogP contribution in [0.25, 0.3) is 10.2 Å². The van der Waals surface area contributed by atoms with Gasteiger partial charge in [-0.3, -0.25) is 14.6 Å². The molecule has 8 nitrogen and oxygen atoms in total. The molecule has 0 spiro atoms. The number of hydrogen-bond donors (Lipinski definition) is 0. The van der Waals surface area contributed by atoms with E-state index in [9.17, 15) is 13.2 Å². The summed E-state index contributed by atoms with van der Waals surface area (Å²) >= 11 is 7.22. The average Bonchev–Trinajstić information content (AvgIpc) is 3.25. The largest absolute Gasteiger partial charge is 0.497 e. The van der Waals surface area contributed by atoms with Crippen molar-refractivity contribution in [3.63, 3.8) is 0 Å². The summed E-state index contributed by atoms with van der Waals surface area (Å²) in [5.41, 5.74) is 0.729. The van der Waals surface area contributed by atoms with Crippen molar-refractivity contribution in [2.24, 2.45) is 0 Å². The van der Waals surface area contributed by atoms with Crippen LogP contribution in [0.2, 0.25) is 5.02 Å². The number of aromatic nitrogens is 1. The summed E-state index contributed by atoms with van der Waals surface area (Å²) in [6.07, 6.45) is 0.686. The van der Waals surface area contributed by atoms with E-state index < -0.39 is 21.5 Å². The molecule has 4 rings (SSSR count). The second-order valence-corrected chi connectivity index (χ2v) is 11.3. The third-order valence-corrected chi connectivity index (χ3v) is 8.47. The molecule has 1 aliphatic heterocycles. The summed E-state index contributed by atoms with van der Waals surface area (Å²) in [4.78, 5) is 21.8. The fourth-order valence-electron chi connectivity index (χ4n) is 3.71. The Morgan fingerprint density at radius 2 is 1.94 bits per heavy atom. The number of benzene rings is 2. The van der Waals surface area contributed by atoms with E-state index in [1.54, 1.807) is 13.2 Å². The summed E-state index contributed by atoms with van der Waals surface area (Å²) in [6.45, 7) is 4.24. The van der Waals surface area contributed by atoms with E-state index in [1.807, 2.05) is 12.1 Å². The van der Waals surface area contributed by atoms with Gasteiger partial charge in [0.05, 0.1) is 35.4 Å². The number of nitrogens with zero attached hydrogens (tertiary/aromatic N) is 3. The van der Waals surface area contributed by atoms with Crippen LogP contribution < -0.4 is 9.64 Å². The maximum absolute atomic E-state index is 13.3. The van der Waals surface area contributed by atoms with Crippen LogP contribution in [0.4, 0.5) is 5.13 Å². The van der Waals surface area contributed by atoms with Crippen LogP contribution in [0, 0.1) is 0 Å². The smallest absolute Gasteiger partial charge is 0.244 e. The Bertz CT molecular complexity index is 1240. The molecule has 1 aromatic heterocycles. The molecule has 182 valence electrons. The first-order chi connectivity index (χ1) is 16.4. The van der Waals surface area contributed by atoms with Crippen molar-refractivity contribution in [1.29, 1.82) is 0 Å². The second-order valence-electron chi connectivity index (χ2n) is 7.90. The number of ether oxygens (including phenoxy) is 2. The van der Waals surface area contributed by atoms with E-state index in [0.29, 0.717) is 42.1 Å². The van der Waals surface area contributed by atoms with Gasteiger partial charge < -0.3 is 9.47 Å². The van der Waals surface area contributed by atoms with Gasteiger partial charge in [0.15, 0.2) is 15.0 Å². The second kappa shape index (κ2) is 11.0. The molecule has 0 aliphatic carbocycles. The van der Waals surface area contributed by atoms with Crippen molar-refractivity contribution < 1.29 is 22.7 Å². The maximum Gasteiger partial charge on any atom is 0.244 e. The van der Waals surface area contributed by atoms with Gasteiger partial charge in [0.1, 0.15) is 11.5 Å². The third-order valence-electron chi connectivity index (χ3n) is 5.56. The van der Waals surface area contributed by atoms with Crippen LogP contribution in [-0.2, 0) is 19.4 Å². The zero-order chi connectivity index (χ0) is 24.1. The van der Waals surface area contributed by atoms with Crippen molar-refractivity contribution in [2.45, 2.75) is 11.3 Å². The van der Waals surface area contributed by atoms with Gasteiger partial charge >= 0.3 is 0 Å². The van der Waals surface area contributed by atoms with Gasteiger partial charge in [-0.15, -0.1) is 0 Å². The number of rotatable bonds is 9. The summed E-state index contributed by atoms with van der Waals surface area (Å²) < 4.78 is 37.4. The number of methoxy groups -OCH3 is 1. The summed E-state index contributed by atoms with van der Waals surface area (Å²) in [5, 5.41) is 0.904. The Morgan fingerprint density at radius 3 is 2.65 bits per heavy atom. The number of halogens is 1. The zero-order valence-electron chi connectivity index (χ0n) is 18.8. The van der Waals surface area contributed by atoms with Gasteiger partial charge in [-0.25, -0.2) is 13.4 Å². The van der Waals surface area contributed by atoms with Gasteiger partial charge in [0, 0.05) is 31.2 Å². The van der Waals surface area contributed by atoms with E-state index in [1.165, 1.54) is 40.5 Å². The number of sulfone groups is 1. The Labute approximate surface area is 208 Å². The average molecular weight is 524 g/mol. The van der Waals surface area contributed by atoms with E-state index in [2.05, 4.69) is 9.88 Å². The minimum absolute atomic E-state index is 0.0625. The summed E-state index contributed by atoms with van der Waals surface area (Å²) in [6, 6.07) is 11.3. The molecule has 1 fully saturated rings. The number of anilines is 1. The molecule has 1 amide bonds. The normalized spacial score (nSPS) is 14.9. The highest BCUT2D eigenvalue weighted by Gasteiger charge is 2.27. The Balaban J connectivity index is 1.55. The lowest BCUT2D eigenvalue weighted by atomic mass is 10.3. The molecule has 0 radical (unpaired) electrons. The first-order valence-corrected chi connectivity index (χ1v) is 13.7. The topological polar surface area (TPSA) is 89.0 Å². The highest BCUT2D eigenvalue weighted by atomic mass is 35.5. The van der Waals surface area contributed by atoms with Crippen molar-refractivity contribution in [1.82, 2.24) is 9.88 Å². The molecule has 0 unspecified atom stereocenters. The molecule has 2 aromatic carbocycles. The van der Waals surface area contributed by atoms with E-state index >= 15 is 0 Å². The fraction of sp³-hybridized carbons (Fsp3) is 0.391. The van der Waals surface area contributed by atoms with E-state index in [4.69, 9.17) is 21.1 Å². The highest BCUT2D eigenvalue weighted by Crippen LogP contribution is 2.32. The molecular weight excluding hydrogens is 498 g/mol. The molecule has 34 heavy (non-hydrogen) atoms. The minimum atomic E-state index is -3.84. The Hall–Kier alpha value is -2.24. The Kier molecular flexibility index (Phi) is 8.05. The van der Waals surface area contributed by atoms with Gasteiger partial charge in [-0.2, -0.15) is 0 Å². The summed E-state index contributed by atoms with van der Waals surface area (Å²) in [7, 11) is -2.25. The Morgan fingerprint density at radius 1 is 1.21 bits per heavy atom. The van der Waals surface area contributed by atoms with Crippen molar-refractivity contribution in [3.8, 4) is 5.75 Å². The number of carbonyl (C=O) groups is 1. The quantitative estimate of drug-likeness (QED) is 0.424. The van der Waals surface area contributed by atoms with E-state index in [0.717, 1.165) is 29.9 Å². The number of thiazole rings is 1. The van der Waals surface area contributed by atoms with Crippen molar-refractivity contribution >= 4 is 54.0 Å². The van der Waals surface area contributed by atoms with Crippen LogP contribution in [0.1, 0.15) is 6.42 Å². The van der Waals surface area contributed by atoms with Crippen LogP contribution in [0.5, 0.6) is 5.75 Å². The zero-order valence-corrected chi connectivity index (χ0v) is 21.2. The summed E-state index contributed by atoms with van der Waals surface area (Å²) in [5.74, 6) is -0.466. The molecule has 3 aromatic rings. The lowest BCUT2D eigenvalue weighted by Crippen LogP contribution is -2.40. The van der Waals surface area contributed by atoms with Gasteiger partial charge in [0.25, 0.3) is 0 Å². The van der Waals surface area contributed by atoms with Crippen LogP contribution in [-0.4, -0.2) is 76.5 Å². The predicted molar refractivity (Wildman–Crippen MR) is 134 cm³/mol. The number of morpholine rings is 1. The molecule has 0 N–H and O–H groups in total. The lowest BCUT2D eigenvalue weighted by Gasteiger charge is -2.27. The highest BCUT2D eigenvalue weighted by molar-refractivity contribution is 7.92. The van der Waals surface area contributed by atoms with Crippen LogP contribution >= 0.6 is 22.9 Å². The number of carbonyl (C=O) groups excluding carboxylic acids is 1. The van der Waals surface area contributed by atoms with Gasteiger partial charge in [-0.05, 0) is 48.9 Å². The first kappa shape index (κ1) is 24.9. The fourth-order valence-corrected chi connectivity index (χ4v) is 6.07. The van der Waals surface area contributed by atoms with Crippen LogP contribution in [0.3, 0.4) is 0 Å². The maximum atomic E-state index is 13.3. The number of fused-ring (bicyclic) bond motifs is 1. The molecule has 11 heteroatoms. The molecule has 1 aliphatic rings. The van der Waals surface area contributed by atoms with Crippen LogP contribution in [0.15, 0.2) is 47.4 Å². The monoisotopic (exact) mass is 523 g/mol. The predicted octanol–water partition coefficient (Wildman–Crippen LogP) is 3.49. The number of hydrogen-bond acceptors (Lipinski definition) is 8. The van der Waals surface area contributed by atoms with E-state index in [-0.39, 0.29) is 4.90 Å². The lowest BCUT2D eigenvalue weighted by molar-refractivity contribution is -0.116. The molecule has 2 heterocycles.